The Hall–Kier alpha value is -1.95. The number of esters is 1. The molecule has 1 aliphatic rings. The molecule has 19 heavy (non-hydrogen) atoms. The number of hydrogen-bond donors (Lipinski definition) is 0. The van der Waals surface area contributed by atoms with E-state index in [4.69, 9.17) is 4.74 Å². The minimum atomic E-state index is -0.385. The van der Waals surface area contributed by atoms with E-state index in [-0.39, 0.29) is 12.0 Å². The zero-order chi connectivity index (χ0) is 13.4. The fraction of sp³-hybridized carbons (Fsp3) is 0.462. The third-order valence-corrected chi connectivity index (χ3v) is 3.60. The Labute approximate surface area is 111 Å². The van der Waals surface area contributed by atoms with Crippen LogP contribution in [-0.2, 0) is 4.74 Å². The van der Waals surface area contributed by atoms with Crippen molar-refractivity contribution in [3.63, 3.8) is 0 Å². The molecule has 3 rings (SSSR count). The van der Waals surface area contributed by atoms with Crippen molar-refractivity contribution < 1.29 is 9.53 Å². The van der Waals surface area contributed by atoms with Crippen LogP contribution in [0.2, 0.25) is 0 Å². The van der Waals surface area contributed by atoms with E-state index >= 15 is 0 Å². The molecule has 100 valence electrons. The topological polar surface area (TPSA) is 59.7 Å². The van der Waals surface area contributed by atoms with Crippen LogP contribution in [0.25, 0.3) is 5.65 Å². The molecular weight excluding hydrogens is 244 g/mol. The molecular formula is C13H16N4O2. The third kappa shape index (κ3) is 1.98. The maximum Gasteiger partial charge on any atom is 0.341 e. The minimum Gasteiger partial charge on any atom is -0.465 e. The van der Waals surface area contributed by atoms with E-state index in [0.717, 1.165) is 25.2 Å². The molecule has 0 spiro atoms. The van der Waals surface area contributed by atoms with Crippen molar-refractivity contribution in [2.45, 2.75) is 18.9 Å². The van der Waals surface area contributed by atoms with Crippen molar-refractivity contribution in [3.8, 4) is 0 Å². The molecule has 1 fully saturated rings. The van der Waals surface area contributed by atoms with E-state index in [1.54, 1.807) is 22.8 Å². The highest BCUT2D eigenvalue weighted by Crippen LogP contribution is 2.28. The summed E-state index contributed by atoms with van der Waals surface area (Å²) in [6.45, 7) is 1.06. The minimum absolute atomic E-state index is 0.241. The summed E-state index contributed by atoms with van der Waals surface area (Å²) in [6.07, 6.45) is 4.01. The van der Waals surface area contributed by atoms with Gasteiger partial charge in [-0.25, -0.2) is 14.3 Å². The number of aromatic nitrogens is 3. The van der Waals surface area contributed by atoms with Gasteiger partial charge in [-0.15, -0.1) is 5.10 Å². The molecule has 6 heteroatoms. The highest BCUT2D eigenvalue weighted by Gasteiger charge is 2.27. The molecule has 0 aliphatic carbocycles. The van der Waals surface area contributed by atoms with Crippen LogP contribution in [0.15, 0.2) is 18.3 Å². The van der Waals surface area contributed by atoms with Gasteiger partial charge in [0.1, 0.15) is 5.56 Å². The summed E-state index contributed by atoms with van der Waals surface area (Å²) in [4.78, 5) is 18.5. The summed E-state index contributed by atoms with van der Waals surface area (Å²) in [7, 11) is 3.44. The number of hydrogen-bond acceptors (Lipinski definition) is 5. The Balaban J connectivity index is 2.07. The van der Waals surface area contributed by atoms with Crippen LogP contribution in [0.4, 0.5) is 0 Å². The molecule has 0 amide bonds. The standard InChI is InChI=1S/C13H16N4O2/c1-16-7-4-6-10(16)11-14-12-9(13(18)19-2)5-3-8-17(12)15-11/h3,5,8,10H,4,6-7H2,1-2H3. The van der Waals surface area contributed by atoms with Crippen molar-refractivity contribution >= 4 is 11.6 Å². The van der Waals surface area contributed by atoms with E-state index in [2.05, 4.69) is 22.0 Å². The van der Waals surface area contributed by atoms with Crippen LogP contribution >= 0.6 is 0 Å². The molecule has 0 bridgehead atoms. The number of methoxy groups -OCH3 is 1. The zero-order valence-corrected chi connectivity index (χ0v) is 11.0. The quantitative estimate of drug-likeness (QED) is 0.761. The predicted molar refractivity (Wildman–Crippen MR) is 68.9 cm³/mol. The molecule has 2 aromatic rings. The summed E-state index contributed by atoms with van der Waals surface area (Å²) in [5.74, 6) is 0.390. The Kier molecular flexibility index (Phi) is 2.94. The van der Waals surface area contributed by atoms with Gasteiger partial charge >= 0.3 is 5.97 Å². The van der Waals surface area contributed by atoms with Crippen molar-refractivity contribution in [1.29, 1.82) is 0 Å². The lowest BCUT2D eigenvalue weighted by Crippen LogP contribution is -2.18. The fourth-order valence-corrected chi connectivity index (χ4v) is 2.57. The predicted octanol–water partition coefficient (Wildman–Crippen LogP) is 1.28. The van der Waals surface area contributed by atoms with Gasteiger partial charge in [0, 0.05) is 6.20 Å². The number of nitrogens with zero attached hydrogens (tertiary/aromatic N) is 4. The number of carbonyl (C=O) groups excluding carboxylic acids is 1. The number of rotatable bonds is 2. The van der Waals surface area contributed by atoms with E-state index in [9.17, 15) is 4.79 Å². The normalized spacial score (nSPS) is 20.0. The van der Waals surface area contributed by atoms with Crippen LogP contribution in [0.3, 0.4) is 0 Å². The summed E-state index contributed by atoms with van der Waals surface area (Å²) in [6, 6.07) is 3.72. The molecule has 0 N–H and O–H groups in total. The van der Waals surface area contributed by atoms with Gasteiger partial charge in [0.05, 0.1) is 13.2 Å². The highest BCUT2D eigenvalue weighted by atomic mass is 16.5. The monoisotopic (exact) mass is 260 g/mol. The number of pyridine rings is 1. The van der Waals surface area contributed by atoms with Gasteiger partial charge in [-0.1, -0.05) is 0 Å². The number of carbonyl (C=O) groups is 1. The zero-order valence-electron chi connectivity index (χ0n) is 11.0. The van der Waals surface area contributed by atoms with Crippen molar-refractivity contribution in [1.82, 2.24) is 19.5 Å². The number of fused-ring (bicyclic) bond motifs is 1. The van der Waals surface area contributed by atoms with Crippen LogP contribution in [0.1, 0.15) is 35.1 Å². The Morgan fingerprint density at radius 1 is 1.53 bits per heavy atom. The second-order valence-corrected chi connectivity index (χ2v) is 4.79. The lowest BCUT2D eigenvalue weighted by Gasteiger charge is -2.15. The van der Waals surface area contributed by atoms with Crippen LogP contribution < -0.4 is 0 Å². The lowest BCUT2D eigenvalue weighted by atomic mass is 10.2. The van der Waals surface area contributed by atoms with Crippen molar-refractivity contribution in [2.75, 3.05) is 20.7 Å². The van der Waals surface area contributed by atoms with Gasteiger partial charge in [0.25, 0.3) is 0 Å². The molecule has 2 aromatic heterocycles. The third-order valence-electron chi connectivity index (χ3n) is 3.60. The molecule has 3 heterocycles. The second-order valence-electron chi connectivity index (χ2n) is 4.79. The molecule has 0 aromatic carbocycles. The van der Waals surface area contributed by atoms with E-state index in [0.29, 0.717) is 11.2 Å². The largest absolute Gasteiger partial charge is 0.465 e. The molecule has 1 unspecified atom stereocenters. The van der Waals surface area contributed by atoms with Crippen LogP contribution in [0, 0.1) is 0 Å². The van der Waals surface area contributed by atoms with Crippen LogP contribution in [-0.4, -0.2) is 46.2 Å². The summed E-state index contributed by atoms with van der Waals surface area (Å²) in [5.41, 5.74) is 1.01. The molecule has 6 nitrogen and oxygen atoms in total. The van der Waals surface area contributed by atoms with Gasteiger partial charge in [0.15, 0.2) is 11.5 Å². The number of likely N-dealkylation sites (tertiary alicyclic amines) is 1. The maximum absolute atomic E-state index is 11.7. The SMILES string of the molecule is COC(=O)c1cccn2nc(C3CCCN3C)nc12. The van der Waals surface area contributed by atoms with Gasteiger partial charge in [-0.05, 0) is 38.6 Å². The van der Waals surface area contributed by atoms with E-state index in [1.165, 1.54) is 7.11 Å². The molecule has 0 saturated carbocycles. The Morgan fingerprint density at radius 3 is 3.05 bits per heavy atom. The van der Waals surface area contributed by atoms with Gasteiger partial charge in [-0.2, -0.15) is 0 Å². The van der Waals surface area contributed by atoms with Crippen molar-refractivity contribution in [3.05, 3.63) is 29.7 Å². The number of ether oxygens (including phenoxy) is 1. The lowest BCUT2D eigenvalue weighted by molar-refractivity contribution is 0.0602. The van der Waals surface area contributed by atoms with E-state index < -0.39 is 0 Å². The summed E-state index contributed by atoms with van der Waals surface area (Å²) < 4.78 is 6.42. The van der Waals surface area contributed by atoms with Crippen LogP contribution in [0.5, 0.6) is 0 Å². The van der Waals surface area contributed by atoms with Gasteiger partial charge in [0.2, 0.25) is 0 Å². The summed E-state index contributed by atoms with van der Waals surface area (Å²) in [5, 5.41) is 4.48. The van der Waals surface area contributed by atoms with E-state index in [1.807, 2.05) is 0 Å². The molecule has 1 aliphatic heterocycles. The maximum atomic E-state index is 11.7. The molecule has 1 atom stereocenters. The first kappa shape index (κ1) is 12.1. The second kappa shape index (κ2) is 4.62. The van der Waals surface area contributed by atoms with Crippen molar-refractivity contribution in [2.24, 2.45) is 0 Å². The van der Waals surface area contributed by atoms with Gasteiger partial charge in [-0.3, -0.25) is 4.90 Å². The first-order valence-corrected chi connectivity index (χ1v) is 6.34. The molecule has 0 radical (unpaired) electrons. The summed E-state index contributed by atoms with van der Waals surface area (Å²) >= 11 is 0. The first-order valence-electron chi connectivity index (χ1n) is 6.34. The Morgan fingerprint density at radius 2 is 2.37 bits per heavy atom. The first-order chi connectivity index (χ1) is 9.20. The highest BCUT2D eigenvalue weighted by molar-refractivity contribution is 5.95. The average Bonchev–Trinajstić information content (AvgIpc) is 3.02. The van der Waals surface area contributed by atoms with Gasteiger partial charge < -0.3 is 4.74 Å². The fourth-order valence-electron chi connectivity index (χ4n) is 2.57. The smallest absolute Gasteiger partial charge is 0.341 e. The Bertz CT molecular complexity index is 622. The molecule has 1 saturated heterocycles. The average molecular weight is 260 g/mol.